The number of hydrogen-bond donors (Lipinski definition) is 2. The highest BCUT2D eigenvalue weighted by molar-refractivity contribution is 6.32. The largest absolute Gasteiger partial charge is 0.504 e. The predicted molar refractivity (Wildman–Crippen MR) is 196 cm³/mol. The van der Waals surface area contributed by atoms with Gasteiger partial charge in [0.25, 0.3) is 0 Å². The summed E-state index contributed by atoms with van der Waals surface area (Å²) >= 11 is 6.38. The third-order valence-corrected chi connectivity index (χ3v) is 11.5. The fourth-order valence-corrected chi connectivity index (χ4v) is 9.21. The Kier molecular flexibility index (Phi) is 8.30. The number of carboxylic acid groups (broad SMARTS) is 1. The number of allylic oxidation sites excluding steroid dienone is 3. The van der Waals surface area contributed by atoms with E-state index in [1.165, 1.54) is 42.3 Å². The summed E-state index contributed by atoms with van der Waals surface area (Å²) in [4.78, 5) is 72.7. The van der Waals surface area contributed by atoms with Gasteiger partial charge in [-0.3, -0.25) is 24.1 Å². The van der Waals surface area contributed by atoms with Crippen molar-refractivity contribution in [2.45, 2.75) is 18.3 Å². The van der Waals surface area contributed by atoms with E-state index in [-0.39, 0.29) is 35.6 Å². The molecule has 6 unspecified atom stereocenters. The number of benzene rings is 4. The number of carbonyl (C=O) groups is 5. The topological polar surface area (TPSA) is 142 Å². The number of halogens is 1. The Morgan fingerprint density at radius 1 is 0.849 bits per heavy atom. The van der Waals surface area contributed by atoms with Crippen molar-refractivity contribution in [1.29, 1.82) is 0 Å². The molecule has 0 bridgehead atoms. The molecule has 53 heavy (non-hydrogen) atoms. The summed E-state index contributed by atoms with van der Waals surface area (Å²) < 4.78 is 5.34. The molecule has 4 aromatic carbocycles. The average Bonchev–Trinajstić information content (AvgIpc) is 3.55. The number of carbonyl (C=O) groups excluding carboxylic acids is 4. The number of ether oxygens (including phenoxy) is 1. The lowest BCUT2D eigenvalue weighted by molar-refractivity contribution is -0.128. The highest BCUT2D eigenvalue weighted by atomic mass is 35.5. The number of phenols is 1. The quantitative estimate of drug-likeness (QED) is 0.159. The molecule has 10 nitrogen and oxygen atoms in total. The van der Waals surface area contributed by atoms with Gasteiger partial charge in [0, 0.05) is 10.9 Å². The number of anilines is 2. The zero-order valence-electron chi connectivity index (χ0n) is 28.4. The second-order valence-corrected chi connectivity index (χ2v) is 14.2. The first-order valence-corrected chi connectivity index (χ1v) is 17.6. The molecule has 1 saturated carbocycles. The van der Waals surface area contributed by atoms with Crippen LogP contribution in [0.3, 0.4) is 0 Å². The number of methoxy groups -OCH3 is 1. The summed E-state index contributed by atoms with van der Waals surface area (Å²) in [5, 5.41) is 20.3. The van der Waals surface area contributed by atoms with Gasteiger partial charge in [-0.1, -0.05) is 83.9 Å². The maximum absolute atomic E-state index is 15.3. The molecule has 4 amide bonds. The van der Waals surface area contributed by atoms with Crippen LogP contribution in [0.5, 0.6) is 11.5 Å². The number of carboxylic acids is 1. The van der Waals surface area contributed by atoms with Gasteiger partial charge in [-0.15, -0.1) is 0 Å². The standard InChI is InChI=1S/C42H33ClN2O8/c1-53-35-19-23(14-18-34(35)46)13-17-32-29-15-16-30-36(39(49)44(37(30)47)27-11-5-7-24(20-27)40(50)51)31(29)22-33-38(48)45(28-12-6-10-26(43)21-28)41(52)42(32,33)25-8-3-2-4-9-25/h2-15,17-21,30-33,36,46H,16,22H2,1H3,(H,50,51). The number of phenolic OH excluding ortho intramolecular Hbond substituents is 1. The van der Waals surface area contributed by atoms with Crippen molar-refractivity contribution in [1.82, 2.24) is 0 Å². The molecule has 11 heteroatoms. The molecule has 2 N–H and O–H groups in total. The molecule has 266 valence electrons. The summed E-state index contributed by atoms with van der Waals surface area (Å²) in [6.07, 6.45) is 5.97. The molecule has 4 aromatic rings. The van der Waals surface area contributed by atoms with Gasteiger partial charge >= 0.3 is 5.97 Å². The summed E-state index contributed by atoms with van der Waals surface area (Å²) in [6.45, 7) is 0. The minimum absolute atomic E-state index is 0.0409. The van der Waals surface area contributed by atoms with Crippen molar-refractivity contribution in [2.24, 2.45) is 29.6 Å². The van der Waals surface area contributed by atoms with E-state index in [0.717, 1.165) is 10.5 Å². The molecular weight excluding hydrogens is 696 g/mol. The molecule has 6 atom stereocenters. The highest BCUT2D eigenvalue weighted by Gasteiger charge is 2.69. The second-order valence-electron chi connectivity index (χ2n) is 13.8. The van der Waals surface area contributed by atoms with Gasteiger partial charge in [-0.25, -0.2) is 9.69 Å². The van der Waals surface area contributed by atoms with Crippen LogP contribution >= 0.6 is 11.6 Å². The van der Waals surface area contributed by atoms with E-state index in [2.05, 4.69) is 0 Å². The molecule has 4 aliphatic rings. The fourth-order valence-electron chi connectivity index (χ4n) is 9.03. The Labute approximate surface area is 309 Å². The van der Waals surface area contributed by atoms with Crippen molar-refractivity contribution in [3.8, 4) is 11.5 Å². The van der Waals surface area contributed by atoms with E-state index in [1.54, 1.807) is 36.4 Å². The maximum Gasteiger partial charge on any atom is 0.335 e. The minimum atomic E-state index is -1.44. The van der Waals surface area contributed by atoms with E-state index in [9.17, 15) is 29.4 Å². The normalized spacial score (nSPS) is 26.4. The van der Waals surface area contributed by atoms with Crippen LogP contribution in [-0.4, -0.2) is 46.9 Å². The maximum atomic E-state index is 15.3. The third-order valence-electron chi connectivity index (χ3n) is 11.3. The molecule has 8 rings (SSSR count). The van der Waals surface area contributed by atoms with E-state index in [0.29, 0.717) is 21.8 Å². The summed E-state index contributed by atoms with van der Waals surface area (Å²) in [7, 11) is 1.45. The van der Waals surface area contributed by atoms with Gasteiger partial charge in [0.1, 0.15) is 0 Å². The zero-order chi connectivity index (χ0) is 37.2. The zero-order valence-corrected chi connectivity index (χ0v) is 29.1. The van der Waals surface area contributed by atoms with E-state index >= 15 is 4.79 Å². The van der Waals surface area contributed by atoms with Crippen LogP contribution < -0.4 is 14.5 Å². The Bertz CT molecular complexity index is 2290. The average molecular weight is 729 g/mol. The smallest absolute Gasteiger partial charge is 0.335 e. The van der Waals surface area contributed by atoms with Gasteiger partial charge in [0.05, 0.1) is 47.2 Å². The van der Waals surface area contributed by atoms with E-state index in [1.807, 2.05) is 48.6 Å². The van der Waals surface area contributed by atoms with E-state index in [4.69, 9.17) is 16.3 Å². The number of imide groups is 2. The van der Waals surface area contributed by atoms with Crippen LogP contribution in [0.15, 0.2) is 115 Å². The number of hydrogen-bond acceptors (Lipinski definition) is 7. The Morgan fingerprint density at radius 3 is 2.30 bits per heavy atom. The molecule has 2 aliphatic heterocycles. The van der Waals surface area contributed by atoms with Gasteiger partial charge < -0.3 is 14.9 Å². The number of nitrogens with zero attached hydrogens (tertiary/aromatic N) is 2. The van der Waals surface area contributed by atoms with Gasteiger partial charge in [0.2, 0.25) is 23.6 Å². The van der Waals surface area contributed by atoms with Crippen LogP contribution in [-0.2, 0) is 24.6 Å². The molecule has 2 saturated heterocycles. The van der Waals surface area contributed by atoms with Crippen LogP contribution in [0.4, 0.5) is 11.4 Å². The molecule has 3 fully saturated rings. The van der Waals surface area contributed by atoms with Crippen molar-refractivity contribution in [2.75, 3.05) is 16.9 Å². The molecule has 0 radical (unpaired) electrons. The molecule has 0 aromatic heterocycles. The number of rotatable bonds is 7. The molecule has 2 heterocycles. The summed E-state index contributed by atoms with van der Waals surface area (Å²) in [5.41, 5.74) is 1.06. The van der Waals surface area contributed by atoms with Crippen LogP contribution in [0, 0.1) is 29.6 Å². The van der Waals surface area contributed by atoms with Crippen LogP contribution in [0.2, 0.25) is 5.02 Å². The van der Waals surface area contributed by atoms with Gasteiger partial charge in [-0.2, -0.15) is 0 Å². The molecule has 2 aliphatic carbocycles. The van der Waals surface area contributed by atoms with Crippen molar-refractivity contribution in [3.05, 3.63) is 137 Å². The number of amides is 4. The second kappa shape index (κ2) is 12.9. The molecule has 0 spiro atoms. The predicted octanol–water partition coefficient (Wildman–Crippen LogP) is 6.67. The minimum Gasteiger partial charge on any atom is -0.504 e. The Balaban J connectivity index is 1.31. The van der Waals surface area contributed by atoms with Gasteiger partial charge in [0.15, 0.2) is 11.5 Å². The van der Waals surface area contributed by atoms with Gasteiger partial charge in [-0.05, 0) is 78.4 Å². The monoisotopic (exact) mass is 728 g/mol. The first kappa shape index (κ1) is 34.1. The first-order chi connectivity index (χ1) is 25.6. The number of fused-ring (bicyclic) bond motifs is 4. The van der Waals surface area contributed by atoms with Crippen LogP contribution in [0.25, 0.3) is 6.08 Å². The van der Waals surface area contributed by atoms with Crippen molar-refractivity contribution in [3.63, 3.8) is 0 Å². The number of aromatic hydroxyl groups is 1. The number of aromatic carboxylic acids is 1. The lowest BCUT2D eigenvalue weighted by Crippen LogP contribution is -2.54. The van der Waals surface area contributed by atoms with E-state index < -0.39 is 64.6 Å². The van der Waals surface area contributed by atoms with Crippen molar-refractivity contribution < 1.29 is 38.9 Å². The Hall–Kier alpha value is -6.00. The lowest BCUT2D eigenvalue weighted by atomic mass is 9.50. The van der Waals surface area contributed by atoms with Crippen molar-refractivity contribution >= 4 is 58.6 Å². The van der Waals surface area contributed by atoms with Crippen LogP contribution in [0.1, 0.15) is 34.3 Å². The third kappa shape index (κ3) is 5.19. The summed E-state index contributed by atoms with van der Waals surface area (Å²) in [6, 6.07) is 26.4. The SMILES string of the molecule is COc1cc(C=CC2C3=CCC4C(=O)N(c5cccc(C(=O)O)c5)C(=O)C4C3CC3C(=O)N(c4cccc(Cl)c4)C(=O)C23c2ccccc2)ccc1O. The fraction of sp³-hybridized carbons (Fsp3) is 0.214. The molecular formula is C42H33ClN2O8. The summed E-state index contributed by atoms with van der Waals surface area (Å²) in [5.74, 6) is -6.62. The Morgan fingerprint density at radius 2 is 1.58 bits per heavy atom. The first-order valence-electron chi connectivity index (χ1n) is 17.2. The highest BCUT2D eigenvalue weighted by Crippen LogP contribution is 2.62. The lowest BCUT2D eigenvalue weighted by Gasteiger charge is -2.49.